The molecule has 2 rings (SSSR count). The molecule has 11 heteroatoms. The molecule has 1 heterocycles. The zero-order valence-corrected chi connectivity index (χ0v) is 15.4. The maximum absolute atomic E-state index is 12.4. The van der Waals surface area contributed by atoms with E-state index in [9.17, 15) is 4.79 Å². The molecule has 1 aromatic carbocycles. The number of hydrogen-bond donors (Lipinski definition) is 3. The number of carbonyl (C=O) groups is 1. The van der Waals surface area contributed by atoms with Crippen molar-refractivity contribution >= 4 is 58.0 Å². The van der Waals surface area contributed by atoms with Gasteiger partial charge >= 0.3 is 0 Å². The Morgan fingerprint density at radius 1 is 1.21 bits per heavy atom. The number of nitrogens with zero attached hydrogens (tertiary/aromatic N) is 3. The Kier molecular flexibility index (Phi) is 6.22. The molecule has 0 saturated heterocycles. The maximum Gasteiger partial charge on any atom is 0.253 e. The van der Waals surface area contributed by atoms with Crippen LogP contribution >= 0.6 is 47.0 Å². The van der Waals surface area contributed by atoms with E-state index in [2.05, 4.69) is 26.3 Å². The molecule has 0 aliphatic heterocycles. The van der Waals surface area contributed by atoms with Crippen LogP contribution in [0.3, 0.4) is 0 Å². The zero-order valence-electron chi connectivity index (χ0n) is 12.3. The van der Waals surface area contributed by atoms with Crippen molar-refractivity contribution in [1.82, 2.24) is 25.5 Å². The van der Waals surface area contributed by atoms with Crippen molar-refractivity contribution in [2.75, 3.05) is 5.43 Å². The topological polar surface area (TPSA) is 83.9 Å². The molecule has 7 nitrogen and oxygen atoms in total. The molecule has 3 N–H and O–H groups in total. The molecule has 0 unspecified atom stereocenters. The third-order valence-electron chi connectivity index (χ3n) is 2.92. The first-order valence-corrected chi connectivity index (χ1v) is 8.17. The molecule has 0 fully saturated rings. The van der Waals surface area contributed by atoms with Gasteiger partial charge in [0.25, 0.3) is 5.91 Å². The summed E-state index contributed by atoms with van der Waals surface area (Å²) in [5.41, 5.74) is 4.00. The van der Waals surface area contributed by atoms with Gasteiger partial charge in [-0.25, -0.2) is 4.68 Å². The van der Waals surface area contributed by atoms with Crippen LogP contribution < -0.4 is 16.1 Å². The van der Waals surface area contributed by atoms with Gasteiger partial charge in [-0.2, -0.15) is 0 Å². The highest BCUT2D eigenvalue weighted by molar-refractivity contribution is 7.80. The van der Waals surface area contributed by atoms with Gasteiger partial charge in [-0.3, -0.25) is 10.2 Å². The van der Waals surface area contributed by atoms with E-state index in [0.29, 0.717) is 5.56 Å². The fraction of sp³-hybridized carbons (Fsp3) is 0.231. The quantitative estimate of drug-likeness (QED) is 0.409. The average Bonchev–Trinajstić information content (AvgIpc) is 2.98. The number of aromatic nitrogens is 3. The largest absolute Gasteiger partial charge is 0.338 e. The van der Waals surface area contributed by atoms with E-state index in [4.69, 9.17) is 47.0 Å². The van der Waals surface area contributed by atoms with E-state index in [1.165, 1.54) is 17.3 Å². The van der Waals surface area contributed by atoms with Crippen molar-refractivity contribution < 1.29 is 4.79 Å². The summed E-state index contributed by atoms with van der Waals surface area (Å²) in [5, 5.41) is 12.7. The summed E-state index contributed by atoms with van der Waals surface area (Å²) in [5.74, 6) is -0.399. The van der Waals surface area contributed by atoms with Gasteiger partial charge in [0.15, 0.2) is 5.11 Å². The number of benzene rings is 1. The van der Waals surface area contributed by atoms with Crippen molar-refractivity contribution in [1.29, 1.82) is 0 Å². The maximum atomic E-state index is 12.4. The van der Waals surface area contributed by atoms with Gasteiger partial charge in [0.2, 0.25) is 3.79 Å². The Balaban J connectivity index is 2.07. The third kappa shape index (κ3) is 5.20. The number of aryl methyl sites for hydroxylation is 1. The van der Waals surface area contributed by atoms with Crippen LogP contribution in [0.5, 0.6) is 0 Å². The number of halogens is 3. The molecule has 0 spiro atoms. The fourth-order valence-electron chi connectivity index (χ4n) is 1.78. The summed E-state index contributed by atoms with van der Waals surface area (Å²) in [6.07, 6.45) is 1.72. The summed E-state index contributed by atoms with van der Waals surface area (Å²) in [6.45, 7) is 1.81. The van der Waals surface area contributed by atoms with Crippen LogP contribution in [-0.4, -0.2) is 35.9 Å². The van der Waals surface area contributed by atoms with Gasteiger partial charge in [0, 0.05) is 5.56 Å². The average molecular weight is 408 g/mol. The summed E-state index contributed by atoms with van der Waals surface area (Å²) in [4.78, 5) is 12.4. The lowest BCUT2D eigenvalue weighted by Crippen LogP contribution is -2.56. The predicted octanol–water partition coefficient (Wildman–Crippen LogP) is 2.13. The minimum atomic E-state index is -1.84. The summed E-state index contributed by atoms with van der Waals surface area (Å²) in [7, 11) is 0. The van der Waals surface area contributed by atoms with Crippen LogP contribution in [0.2, 0.25) is 0 Å². The molecule has 2 aromatic rings. The van der Waals surface area contributed by atoms with Crippen LogP contribution in [0.25, 0.3) is 0 Å². The Morgan fingerprint density at radius 2 is 1.83 bits per heavy atom. The lowest BCUT2D eigenvalue weighted by atomic mass is 10.1. The fourth-order valence-corrected chi connectivity index (χ4v) is 2.33. The molecular formula is C13H13Cl3N6OS. The van der Waals surface area contributed by atoms with E-state index in [1.54, 1.807) is 12.1 Å². The molecule has 1 amide bonds. The first-order valence-electron chi connectivity index (χ1n) is 6.62. The summed E-state index contributed by atoms with van der Waals surface area (Å²) < 4.78 is -0.439. The van der Waals surface area contributed by atoms with Crippen LogP contribution in [-0.2, 0) is 0 Å². The molecule has 128 valence electrons. The molecule has 24 heavy (non-hydrogen) atoms. The number of carbonyl (C=O) groups excluding carboxylic acids is 1. The van der Waals surface area contributed by atoms with Gasteiger partial charge < -0.3 is 10.6 Å². The second-order valence-corrected chi connectivity index (χ2v) is 7.49. The molecule has 1 aromatic heterocycles. The molecule has 0 bridgehead atoms. The van der Waals surface area contributed by atoms with Crippen molar-refractivity contribution in [2.24, 2.45) is 0 Å². The Bertz CT molecular complexity index is 719. The minimum Gasteiger partial charge on any atom is -0.338 e. The molecule has 0 radical (unpaired) electrons. The molecule has 0 aliphatic rings. The second-order valence-electron chi connectivity index (χ2n) is 4.72. The van der Waals surface area contributed by atoms with Crippen LogP contribution in [0.15, 0.2) is 36.9 Å². The summed E-state index contributed by atoms with van der Waals surface area (Å²) >= 11 is 22.9. The third-order valence-corrected chi connectivity index (χ3v) is 3.78. The van der Waals surface area contributed by atoms with Crippen LogP contribution in [0, 0.1) is 6.92 Å². The SMILES string of the molecule is Cc1ccccc1C(=O)N[C@H](NC(=S)Nn1cnnc1)C(Cl)(Cl)Cl. The number of amides is 1. The molecule has 1 atom stereocenters. The van der Waals surface area contributed by atoms with Gasteiger partial charge in [0.05, 0.1) is 0 Å². The van der Waals surface area contributed by atoms with Crippen LogP contribution in [0.4, 0.5) is 0 Å². The van der Waals surface area contributed by atoms with E-state index in [-0.39, 0.29) is 5.11 Å². The highest BCUT2D eigenvalue weighted by atomic mass is 35.6. The predicted molar refractivity (Wildman–Crippen MR) is 97.8 cm³/mol. The monoisotopic (exact) mass is 406 g/mol. The number of nitrogens with one attached hydrogen (secondary N) is 3. The normalized spacial score (nSPS) is 12.3. The number of rotatable bonds is 4. The van der Waals surface area contributed by atoms with E-state index >= 15 is 0 Å². The van der Waals surface area contributed by atoms with Crippen molar-refractivity contribution in [2.45, 2.75) is 16.9 Å². The van der Waals surface area contributed by atoms with Gasteiger partial charge in [-0.15, -0.1) is 10.2 Å². The van der Waals surface area contributed by atoms with E-state index in [0.717, 1.165) is 5.56 Å². The van der Waals surface area contributed by atoms with E-state index in [1.807, 2.05) is 19.1 Å². The number of alkyl halides is 3. The minimum absolute atomic E-state index is 0.108. The first kappa shape index (κ1) is 18.7. The highest BCUT2D eigenvalue weighted by Crippen LogP contribution is 2.29. The number of thiocarbonyl (C=S) groups is 1. The first-order chi connectivity index (χ1) is 11.3. The smallest absolute Gasteiger partial charge is 0.253 e. The lowest BCUT2D eigenvalue weighted by Gasteiger charge is -2.28. The Hall–Kier alpha value is -1.61. The lowest BCUT2D eigenvalue weighted by molar-refractivity contribution is 0.0934. The second kappa shape index (κ2) is 7.98. The van der Waals surface area contributed by atoms with Crippen molar-refractivity contribution in [3.05, 3.63) is 48.0 Å². The van der Waals surface area contributed by atoms with Crippen molar-refractivity contribution in [3.8, 4) is 0 Å². The van der Waals surface area contributed by atoms with Gasteiger partial charge in [-0.05, 0) is 30.8 Å². The zero-order chi connectivity index (χ0) is 17.7. The van der Waals surface area contributed by atoms with Gasteiger partial charge in [-0.1, -0.05) is 53.0 Å². The van der Waals surface area contributed by atoms with Crippen molar-refractivity contribution in [3.63, 3.8) is 0 Å². The van der Waals surface area contributed by atoms with E-state index < -0.39 is 15.9 Å². The van der Waals surface area contributed by atoms with Gasteiger partial charge in [0.1, 0.15) is 18.8 Å². The Labute approximate surface area is 158 Å². The molecular weight excluding hydrogens is 395 g/mol. The molecule has 0 saturated carbocycles. The summed E-state index contributed by atoms with van der Waals surface area (Å²) in [6, 6.07) is 7.06. The Morgan fingerprint density at radius 3 is 2.42 bits per heavy atom. The van der Waals surface area contributed by atoms with Crippen LogP contribution in [0.1, 0.15) is 15.9 Å². The highest BCUT2D eigenvalue weighted by Gasteiger charge is 2.35. The number of hydrogen-bond acceptors (Lipinski definition) is 4. The standard InChI is InChI=1S/C13H13Cl3N6OS/c1-8-4-2-3-5-9(8)10(23)19-11(13(14,15)16)20-12(24)21-22-6-17-18-7-22/h2-7,11H,1H3,(H,19,23)(H2,20,21,24)/t11-/m1/s1. The molecule has 0 aliphatic carbocycles.